The highest BCUT2D eigenvalue weighted by Gasteiger charge is 2.59. The van der Waals surface area contributed by atoms with E-state index in [0.29, 0.717) is 4.90 Å². The van der Waals surface area contributed by atoms with Crippen LogP contribution in [0.3, 0.4) is 0 Å². The van der Waals surface area contributed by atoms with Gasteiger partial charge in [-0.3, -0.25) is 4.79 Å². The van der Waals surface area contributed by atoms with Gasteiger partial charge in [-0.25, -0.2) is 13.4 Å². The van der Waals surface area contributed by atoms with E-state index >= 15 is 0 Å². The van der Waals surface area contributed by atoms with E-state index in [1.165, 1.54) is 7.05 Å². The summed E-state index contributed by atoms with van der Waals surface area (Å²) in [5.74, 6) is -1.14. The van der Waals surface area contributed by atoms with Crippen LogP contribution in [-0.4, -0.2) is 46.8 Å². The number of benzene rings is 2. The number of hydrogen-bond acceptors (Lipinski definition) is 6. The summed E-state index contributed by atoms with van der Waals surface area (Å²) in [6, 6.07) is 18.3. The summed E-state index contributed by atoms with van der Waals surface area (Å²) < 4.78 is 30.5. The summed E-state index contributed by atoms with van der Waals surface area (Å²) in [5, 5.41) is 1.61. The van der Waals surface area contributed by atoms with Crippen molar-refractivity contribution >= 4 is 21.8 Å². The summed E-state index contributed by atoms with van der Waals surface area (Å²) in [5.41, 5.74) is -0.465. The van der Waals surface area contributed by atoms with Gasteiger partial charge in [0.2, 0.25) is 0 Å². The summed E-state index contributed by atoms with van der Waals surface area (Å²) in [4.78, 5) is 27.2. The van der Waals surface area contributed by atoms with Gasteiger partial charge < -0.3 is 14.8 Å². The van der Waals surface area contributed by atoms with Gasteiger partial charge in [0.25, 0.3) is 0 Å². The fourth-order valence-corrected chi connectivity index (χ4v) is 7.24. The molecule has 1 aliphatic heterocycles. The Bertz CT molecular complexity index is 1140. The molecule has 3 rings (SSSR count). The van der Waals surface area contributed by atoms with E-state index in [2.05, 4.69) is 9.68 Å². The molecule has 190 valence electrons. The van der Waals surface area contributed by atoms with Crippen LogP contribution >= 0.6 is 0 Å². The van der Waals surface area contributed by atoms with Gasteiger partial charge in [0.1, 0.15) is 6.10 Å². The van der Waals surface area contributed by atoms with Crippen molar-refractivity contribution in [2.75, 3.05) is 13.7 Å². The molecule has 0 radical (unpaired) electrons. The lowest BCUT2D eigenvalue weighted by atomic mass is 9.71. The van der Waals surface area contributed by atoms with Crippen LogP contribution in [0.2, 0.25) is 0 Å². The number of rotatable bonds is 8. The Kier molecular flexibility index (Phi) is 8.26. The first-order chi connectivity index (χ1) is 16.5. The first-order valence-electron chi connectivity index (χ1n) is 11.9. The minimum Gasteiger partial charge on any atom is -0.464 e. The van der Waals surface area contributed by atoms with Crippen molar-refractivity contribution in [3.05, 3.63) is 66.2 Å². The quantitative estimate of drug-likeness (QED) is 0.514. The van der Waals surface area contributed by atoms with Gasteiger partial charge in [0.15, 0.2) is 5.25 Å². The second-order valence-corrected chi connectivity index (χ2v) is 12.3. The van der Waals surface area contributed by atoms with E-state index in [-0.39, 0.29) is 18.4 Å². The molecule has 2 aromatic rings. The van der Waals surface area contributed by atoms with E-state index in [1.54, 1.807) is 31.2 Å². The van der Waals surface area contributed by atoms with Crippen LogP contribution in [0, 0.1) is 11.8 Å². The zero-order chi connectivity index (χ0) is 25.8. The van der Waals surface area contributed by atoms with Gasteiger partial charge in [0.05, 0.1) is 21.9 Å². The summed E-state index contributed by atoms with van der Waals surface area (Å²) in [7, 11) is -1.94. The molecule has 0 saturated carbocycles. The van der Waals surface area contributed by atoms with Crippen molar-refractivity contribution in [2.24, 2.45) is 16.2 Å². The van der Waals surface area contributed by atoms with Crippen molar-refractivity contribution in [1.29, 1.82) is 0 Å². The van der Waals surface area contributed by atoms with Crippen molar-refractivity contribution in [1.82, 2.24) is 5.32 Å². The molecule has 1 saturated heterocycles. The molecule has 1 unspecified atom stereocenters. The molecule has 1 heterocycles. The molecule has 5 atom stereocenters. The maximum Gasteiger partial charge on any atom is 0.407 e. The highest BCUT2D eigenvalue weighted by Crippen LogP contribution is 2.45. The van der Waals surface area contributed by atoms with Crippen LogP contribution in [0.4, 0.5) is 4.79 Å². The number of esters is 1. The summed E-state index contributed by atoms with van der Waals surface area (Å²) in [6.45, 7) is 9.71. The maximum atomic E-state index is 14.7. The van der Waals surface area contributed by atoms with E-state index in [1.807, 2.05) is 64.1 Å². The number of cyclic esters (lactones) is 1. The lowest BCUT2D eigenvalue weighted by molar-refractivity contribution is -0.146. The third-order valence-corrected chi connectivity index (χ3v) is 9.21. The Morgan fingerprint density at radius 2 is 1.66 bits per heavy atom. The van der Waals surface area contributed by atoms with Crippen LogP contribution in [0.5, 0.6) is 0 Å². The Morgan fingerprint density at radius 1 is 1.09 bits per heavy atom. The second kappa shape index (κ2) is 10.8. The number of nitrogens with one attached hydrogen (secondary N) is 1. The Labute approximate surface area is 208 Å². The Balaban J connectivity index is 2.30. The number of hydrogen-bond donors (Lipinski definition) is 1. The number of carbonyl (C=O) groups is 2. The van der Waals surface area contributed by atoms with Gasteiger partial charge in [-0.1, -0.05) is 76.2 Å². The van der Waals surface area contributed by atoms with Crippen molar-refractivity contribution in [3.8, 4) is 0 Å². The fraction of sp³-hybridized carbons (Fsp3) is 0.481. The maximum absolute atomic E-state index is 14.7. The van der Waals surface area contributed by atoms with Crippen LogP contribution in [-0.2, 0) is 24.0 Å². The third-order valence-electron chi connectivity index (χ3n) is 6.39. The topological polar surface area (TPSA) is 94.1 Å². The van der Waals surface area contributed by atoms with Crippen LogP contribution < -0.4 is 5.32 Å². The third kappa shape index (κ3) is 5.37. The first-order valence-corrected chi connectivity index (χ1v) is 13.5. The molecular formula is C27H36N2O5S. The zero-order valence-corrected chi connectivity index (χ0v) is 22.1. The van der Waals surface area contributed by atoms with Crippen molar-refractivity contribution < 1.29 is 23.3 Å². The van der Waals surface area contributed by atoms with Gasteiger partial charge in [-0.05, 0) is 36.5 Å². The van der Waals surface area contributed by atoms with Gasteiger partial charge in [0, 0.05) is 17.9 Å². The molecule has 1 aliphatic rings. The van der Waals surface area contributed by atoms with Crippen molar-refractivity contribution in [2.45, 2.75) is 62.3 Å². The molecule has 2 aromatic carbocycles. The molecule has 35 heavy (non-hydrogen) atoms. The van der Waals surface area contributed by atoms with Gasteiger partial charge >= 0.3 is 12.1 Å². The molecular weight excluding hydrogens is 464 g/mol. The average molecular weight is 501 g/mol. The highest BCUT2D eigenvalue weighted by molar-refractivity contribution is 7.95. The number of amides is 1. The lowest BCUT2D eigenvalue weighted by Gasteiger charge is -2.50. The Morgan fingerprint density at radius 3 is 2.17 bits per heavy atom. The first kappa shape index (κ1) is 26.7. The number of carbonyl (C=O) groups excluding carboxylic acids is 2. The normalized spacial score (nSPS) is 24.7. The monoisotopic (exact) mass is 500 g/mol. The van der Waals surface area contributed by atoms with E-state index < -0.39 is 44.6 Å². The molecule has 1 N–H and O–H groups in total. The predicted octanol–water partition coefficient (Wildman–Crippen LogP) is 5.02. The number of nitrogens with zero attached hydrogens (tertiary/aromatic N) is 1. The van der Waals surface area contributed by atoms with E-state index in [9.17, 15) is 13.8 Å². The zero-order valence-electron chi connectivity index (χ0n) is 21.3. The van der Waals surface area contributed by atoms with E-state index in [0.717, 1.165) is 5.56 Å². The molecule has 7 nitrogen and oxygen atoms in total. The average Bonchev–Trinajstić information content (AvgIpc) is 2.83. The SMILES string of the molecule is CN=S(=O)(c1ccccc1)[C@H](C(=O)OCC(C)C)[C@@]1(C)NC(=O)O[C@@H](C(C)C)[C@@H]1c1ccccc1. The smallest absolute Gasteiger partial charge is 0.407 e. The standard InChI is InChI=1S/C27H36N2O5S/c1-18(2)17-33-25(30)24(35(32,28-6)21-15-11-8-12-16-21)27(5)22(20-13-9-7-10-14-20)23(19(3)4)34-26(31)29-27/h7-16,18-19,22-24H,17H2,1-6H3,(H,29,31)/t22-,23-,24+,27-,35?/m0/s1. The fourth-order valence-electron chi connectivity index (χ4n) is 4.80. The summed E-state index contributed by atoms with van der Waals surface area (Å²) in [6.07, 6.45) is -1.22. The number of ether oxygens (including phenoxy) is 2. The molecule has 0 aromatic heterocycles. The molecule has 0 spiro atoms. The molecule has 8 heteroatoms. The number of alkyl carbamates (subject to hydrolysis) is 1. The molecule has 0 bridgehead atoms. The molecule has 1 amide bonds. The highest BCUT2D eigenvalue weighted by atomic mass is 32.2. The van der Waals surface area contributed by atoms with Crippen LogP contribution in [0.25, 0.3) is 0 Å². The minimum atomic E-state index is -3.38. The lowest BCUT2D eigenvalue weighted by Crippen LogP contribution is -2.69. The van der Waals surface area contributed by atoms with Gasteiger partial charge in [-0.15, -0.1) is 0 Å². The second-order valence-electron chi connectivity index (χ2n) is 9.88. The van der Waals surface area contributed by atoms with Crippen LogP contribution in [0.1, 0.15) is 46.1 Å². The van der Waals surface area contributed by atoms with E-state index in [4.69, 9.17) is 9.47 Å². The van der Waals surface area contributed by atoms with Gasteiger partial charge in [-0.2, -0.15) is 0 Å². The van der Waals surface area contributed by atoms with Crippen LogP contribution in [0.15, 0.2) is 69.9 Å². The van der Waals surface area contributed by atoms with Crippen molar-refractivity contribution in [3.63, 3.8) is 0 Å². The predicted molar refractivity (Wildman–Crippen MR) is 137 cm³/mol. The Hall–Kier alpha value is -2.87. The summed E-state index contributed by atoms with van der Waals surface area (Å²) >= 11 is 0. The molecule has 0 aliphatic carbocycles. The largest absolute Gasteiger partial charge is 0.464 e. The molecule has 1 fully saturated rings. The minimum absolute atomic E-state index is 0.0655.